The van der Waals surface area contributed by atoms with Gasteiger partial charge in [0.05, 0.1) is 15.0 Å². The maximum absolute atomic E-state index is 11.4. The van der Waals surface area contributed by atoms with E-state index in [-0.39, 0.29) is 5.78 Å². The summed E-state index contributed by atoms with van der Waals surface area (Å²) in [6.07, 6.45) is 0.407. The average Bonchev–Trinajstić information content (AvgIpc) is 2.51. The van der Waals surface area contributed by atoms with Gasteiger partial charge in [0.2, 0.25) is 0 Å². The summed E-state index contributed by atoms with van der Waals surface area (Å²) >= 11 is 1.47. The largest absolute Gasteiger partial charge is 0.300 e. The molecule has 0 amide bonds. The Kier molecular flexibility index (Phi) is 3.62. The van der Waals surface area contributed by atoms with Crippen LogP contribution in [0.1, 0.15) is 13.3 Å². The molecule has 0 aliphatic carbocycles. The summed E-state index contributed by atoms with van der Waals surface area (Å²) in [5, 5.41) is 1.89. The van der Waals surface area contributed by atoms with Crippen molar-refractivity contribution in [3.05, 3.63) is 17.5 Å². The van der Waals surface area contributed by atoms with E-state index in [4.69, 9.17) is 0 Å². The molecule has 0 bridgehead atoms. The minimum absolute atomic E-state index is 0.0971. The van der Waals surface area contributed by atoms with E-state index in [2.05, 4.69) is 0 Å². The third kappa shape index (κ3) is 2.87. The summed E-state index contributed by atoms with van der Waals surface area (Å²) in [5.41, 5.74) is 0. The summed E-state index contributed by atoms with van der Waals surface area (Å²) in [5.74, 6) is 0.551. The Morgan fingerprint density at radius 1 is 1.67 bits per heavy atom. The van der Waals surface area contributed by atoms with Gasteiger partial charge in [-0.25, -0.2) is 0 Å². The second kappa shape index (κ2) is 4.52. The van der Waals surface area contributed by atoms with Crippen molar-refractivity contribution < 1.29 is 9.00 Å². The van der Waals surface area contributed by atoms with E-state index >= 15 is 0 Å². The fourth-order valence-corrected chi connectivity index (χ4v) is 2.93. The first-order chi connectivity index (χ1) is 5.70. The third-order valence-electron chi connectivity index (χ3n) is 1.36. The van der Waals surface area contributed by atoms with Crippen LogP contribution in [0, 0.1) is 0 Å². The first-order valence-corrected chi connectivity index (χ1v) is 5.81. The van der Waals surface area contributed by atoms with Crippen molar-refractivity contribution in [2.24, 2.45) is 0 Å². The van der Waals surface area contributed by atoms with Gasteiger partial charge >= 0.3 is 0 Å². The van der Waals surface area contributed by atoms with Crippen molar-refractivity contribution in [3.63, 3.8) is 0 Å². The molecule has 1 aromatic heterocycles. The molecule has 0 fully saturated rings. The topological polar surface area (TPSA) is 34.1 Å². The van der Waals surface area contributed by atoms with E-state index in [1.54, 1.807) is 0 Å². The van der Waals surface area contributed by atoms with Gasteiger partial charge in [-0.3, -0.25) is 9.00 Å². The Balaban J connectivity index is 2.45. The van der Waals surface area contributed by atoms with Crippen molar-refractivity contribution in [2.75, 3.05) is 5.75 Å². The molecule has 2 nitrogen and oxygen atoms in total. The quantitative estimate of drug-likeness (QED) is 0.746. The maximum Gasteiger partial charge on any atom is 0.130 e. The molecule has 4 heteroatoms. The van der Waals surface area contributed by atoms with Crippen molar-refractivity contribution >= 4 is 27.9 Å². The standard InChI is InChI=1S/C8H10O2S2/c1-7(9)4-6-12(10)8-3-2-5-11-8/h2-3,5H,4,6H2,1H3. The molecule has 1 unspecified atom stereocenters. The van der Waals surface area contributed by atoms with Crippen LogP contribution >= 0.6 is 11.3 Å². The molecule has 0 aromatic carbocycles. The fourth-order valence-electron chi connectivity index (χ4n) is 0.730. The molecule has 0 saturated carbocycles. The maximum atomic E-state index is 11.4. The zero-order valence-corrected chi connectivity index (χ0v) is 8.41. The molecule has 66 valence electrons. The molecular formula is C8H10O2S2. The predicted molar refractivity (Wildman–Crippen MR) is 50.9 cm³/mol. The molecule has 1 aromatic rings. The number of carbonyl (C=O) groups excluding carboxylic acids is 1. The number of hydrogen-bond acceptors (Lipinski definition) is 3. The molecule has 0 N–H and O–H groups in total. The molecule has 12 heavy (non-hydrogen) atoms. The van der Waals surface area contributed by atoms with E-state index in [0.717, 1.165) is 4.21 Å². The van der Waals surface area contributed by atoms with Gasteiger partial charge in [0.1, 0.15) is 5.78 Å². The molecule has 1 heterocycles. The minimum atomic E-state index is -0.975. The highest BCUT2D eigenvalue weighted by Crippen LogP contribution is 2.14. The molecule has 0 saturated heterocycles. The average molecular weight is 202 g/mol. The smallest absolute Gasteiger partial charge is 0.130 e. The van der Waals surface area contributed by atoms with E-state index in [9.17, 15) is 9.00 Å². The highest BCUT2D eigenvalue weighted by Gasteiger charge is 2.05. The number of thiophene rings is 1. The molecule has 0 spiro atoms. The first-order valence-electron chi connectivity index (χ1n) is 3.61. The number of Topliss-reactive ketones (excluding diaryl/α,β-unsaturated/α-hetero) is 1. The van der Waals surface area contributed by atoms with Gasteiger partial charge in [-0.15, -0.1) is 11.3 Å². The fraction of sp³-hybridized carbons (Fsp3) is 0.375. The summed E-state index contributed by atoms with van der Waals surface area (Å²) in [6, 6.07) is 3.70. The SMILES string of the molecule is CC(=O)CCS(=O)c1cccs1. The summed E-state index contributed by atoms with van der Waals surface area (Å²) in [4.78, 5) is 10.6. The minimum Gasteiger partial charge on any atom is -0.300 e. The van der Waals surface area contributed by atoms with Crippen LogP contribution in [0.25, 0.3) is 0 Å². The zero-order valence-electron chi connectivity index (χ0n) is 6.78. The van der Waals surface area contributed by atoms with Crippen LogP contribution in [0.5, 0.6) is 0 Å². The van der Waals surface area contributed by atoms with Gasteiger partial charge < -0.3 is 0 Å². The highest BCUT2D eigenvalue weighted by atomic mass is 32.2. The Labute approximate surface area is 78.1 Å². The Hall–Kier alpha value is -0.480. The first kappa shape index (κ1) is 9.61. The van der Waals surface area contributed by atoms with Gasteiger partial charge in [0.15, 0.2) is 0 Å². The lowest BCUT2D eigenvalue weighted by Gasteiger charge is -1.94. The van der Waals surface area contributed by atoms with Crippen LogP contribution in [-0.4, -0.2) is 15.7 Å². The molecule has 0 aliphatic heterocycles. The predicted octanol–water partition coefficient (Wildman–Crippen LogP) is 1.83. The van der Waals surface area contributed by atoms with Crippen LogP contribution in [0.15, 0.2) is 21.7 Å². The van der Waals surface area contributed by atoms with Crippen LogP contribution in [-0.2, 0) is 15.6 Å². The summed E-state index contributed by atoms with van der Waals surface area (Å²) in [7, 11) is -0.975. The van der Waals surface area contributed by atoms with E-state index < -0.39 is 10.8 Å². The Morgan fingerprint density at radius 3 is 2.92 bits per heavy atom. The molecule has 1 atom stereocenters. The molecular weight excluding hydrogens is 192 g/mol. The van der Waals surface area contributed by atoms with Crippen LogP contribution < -0.4 is 0 Å². The summed E-state index contributed by atoms with van der Waals surface area (Å²) < 4.78 is 12.2. The second-order valence-corrected chi connectivity index (χ2v) is 5.18. The number of carbonyl (C=O) groups is 1. The second-order valence-electron chi connectivity index (χ2n) is 2.43. The monoisotopic (exact) mass is 202 g/mol. The number of ketones is 1. The van der Waals surface area contributed by atoms with Crippen molar-refractivity contribution in [2.45, 2.75) is 17.6 Å². The van der Waals surface area contributed by atoms with Crippen molar-refractivity contribution in [1.82, 2.24) is 0 Å². The van der Waals surface area contributed by atoms with Crippen LogP contribution in [0.2, 0.25) is 0 Å². The lowest BCUT2D eigenvalue weighted by molar-refractivity contribution is -0.116. The van der Waals surface area contributed by atoms with E-state index in [0.29, 0.717) is 12.2 Å². The normalized spacial score (nSPS) is 12.8. The number of hydrogen-bond donors (Lipinski definition) is 0. The molecule has 0 radical (unpaired) electrons. The highest BCUT2D eigenvalue weighted by molar-refractivity contribution is 7.87. The van der Waals surface area contributed by atoms with Crippen molar-refractivity contribution in [3.8, 4) is 0 Å². The Bertz CT molecular complexity index is 277. The van der Waals surface area contributed by atoms with Gasteiger partial charge in [-0.05, 0) is 18.4 Å². The lowest BCUT2D eigenvalue weighted by Crippen LogP contribution is -2.01. The zero-order chi connectivity index (χ0) is 8.97. The summed E-state index contributed by atoms with van der Waals surface area (Å²) in [6.45, 7) is 1.52. The lowest BCUT2D eigenvalue weighted by atomic mass is 10.4. The van der Waals surface area contributed by atoms with Gasteiger partial charge in [-0.2, -0.15) is 0 Å². The van der Waals surface area contributed by atoms with Crippen LogP contribution in [0.4, 0.5) is 0 Å². The van der Waals surface area contributed by atoms with Gasteiger partial charge in [0.25, 0.3) is 0 Å². The van der Waals surface area contributed by atoms with E-state index in [1.807, 2.05) is 17.5 Å². The van der Waals surface area contributed by atoms with Gasteiger partial charge in [-0.1, -0.05) is 6.07 Å². The number of rotatable bonds is 4. The van der Waals surface area contributed by atoms with Crippen LogP contribution in [0.3, 0.4) is 0 Å². The third-order valence-corrected chi connectivity index (χ3v) is 4.03. The van der Waals surface area contributed by atoms with E-state index in [1.165, 1.54) is 18.3 Å². The molecule has 0 aliphatic rings. The van der Waals surface area contributed by atoms with Crippen molar-refractivity contribution in [1.29, 1.82) is 0 Å². The Morgan fingerprint density at radius 2 is 2.42 bits per heavy atom. The molecule has 1 rings (SSSR count). The van der Waals surface area contributed by atoms with Gasteiger partial charge in [0, 0.05) is 12.2 Å².